The smallest absolute Gasteiger partial charge is 0.221 e. The molecular formula is C21H25FN4O. The van der Waals surface area contributed by atoms with E-state index in [-0.39, 0.29) is 12.2 Å². The van der Waals surface area contributed by atoms with E-state index in [9.17, 15) is 9.18 Å². The second-order valence-electron chi connectivity index (χ2n) is 6.90. The van der Waals surface area contributed by atoms with Crippen LogP contribution in [-0.4, -0.2) is 34.4 Å². The van der Waals surface area contributed by atoms with Crippen LogP contribution < -0.4 is 5.73 Å². The Labute approximate surface area is 158 Å². The van der Waals surface area contributed by atoms with Crippen molar-refractivity contribution in [1.82, 2.24) is 14.9 Å². The van der Waals surface area contributed by atoms with Gasteiger partial charge < -0.3 is 10.7 Å². The minimum Gasteiger partial charge on any atom is -0.369 e. The highest BCUT2D eigenvalue weighted by molar-refractivity contribution is 5.76. The average molecular weight is 368 g/mol. The molecule has 1 saturated heterocycles. The summed E-state index contributed by atoms with van der Waals surface area (Å²) in [7, 11) is 2.19. The molecule has 142 valence electrons. The number of nitrogens with two attached hydrogens (primary N) is 1. The Morgan fingerprint density at radius 2 is 2.07 bits per heavy atom. The van der Waals surface area contributed by atoms with Crippen molar-refractivity contribution in [2.45, 2.75) is 31.7 Å². The monoisotopic (exact) mass is 368 g/mol. The molecule has 2 heterocycles. The number of primary amides is 1. The summed E-state index contributed by atoms with van der Waals surface area (Å²) in [5, 5.41) is 0. The number of carbonyl (C=O) groups excluding carboxylic acids is 1. The Bertz CT molecular complexity index is 875. The Morgan fingerprint density at radius 3 is 2.78 bits per heavy atom. The van der Waals surface area contributed by atoms with Crippen molar-refractivity contribution in [3.8, 4) is 0 Å². The third-order valence-electron chi connectivity index (χ3n) is 4.76. The number of halogens is 1. The van der Waals surface area contributed by atoms with E-state index in [1.54, 1.807) is 12.1 Å². The van der Waals surface area contributed by atoms with Gasteiger partial charge in [-0.25, -0.2) is 9.37 Å². The van der Waals surface area contributed by atoms with Crippen molar-refractivity contribution in [2.24, 2.45) is 5.73 Å². The fourth-order valence-electron chi connectivity index (χ4n) is 3.40. The van der Waals surface area contributed by atoms with Crippen LogP contribution in [0.5, 0.6) is 0 Å². The molecule has 1 atom stereocenters. The van der Waals surface area contributed by atoms with Gasteiger partial charge in [-0.3, -0.25) is 9.69 Å². The van der Waals surface area contributed by atoms with E-state index in [4.69, 9.17) is 5.73 Å². The Kier molecular flexibility index (Phi) is 6.19. The van der Waals surface area contributed by atoms with Gasteiger partial charge in [0.15, 0.2) is 0 Å². The highest BCUT2D eigenvalue weighted by Crippen LogP contribution is 2.28. The molecule has 4 rings (SSSR count). The van der Waals surface area contributed by atoms with Crippen molar-refractivity contribution >= 4 is 16.9 Å². The lowest BCUT2D eigenvalue weighted by atomic mass is 10.0. The van der Waals surface area contributed by atoms with Crippen LogP contribution in [0, 0.1) is 5.82 Å². The summed E-state index contributed by atoms with van der Waals surface area (Å²) in [6.45, 7) is 1.18. The van der Waals surface area contributed by atoms with E-state index in [0.717, 1.165) is 16.9 Å². The number of fused-ring (bicyclic) bond motifs is 1. The predicted molar refractivity (Wildman–Crippen MR) is 105 cm³/mol. The zero-order valence-corrected chi connectivity index (χ0v) is 15.5. The van der Waals surface area contributed by atoms with Crippen LogP contribution in [0.15, 0.2) is 48.5 Å². The number of imidazole rings is 1. The maximum atomic E-state index is 12.5. The van der Waals surface area contributed by atoms with Gasteiger partial charge in [0, 0.05) is 0 Å². The second-order valence-corrected chi connectivity index (χ2v) is 6.90. The predicted octanol–water partition coefficient (Wildman–Crippen LogP) is 3.57. The van der Waals surface area contributed by atoms with Gasteiger partial charge in [0.2, 0.25) is 5.91 Å². The van der Waals surface area contributed by atoms with E-state index < -0.39 is 5.91 Å². The minimum absolute atomic E-state index is 0.0950. The molecule has 1 aromatic heterocycles. The van der Waals surface area contributed by atoms with Crippen molar-refractivity contribution in [1.29, 1.82) is 0 Å². The van der Waals surface area contributed by atoms with Crippen molar-refractivity contribution in [3.63, 3.8) is 0 Å². The molecule has 5 nitrogen and oxygen atoms in total. The molecule has 1 aliphatic heterocycles. The Balaban J connectivity index is 0.000000168. The number of H-pyrrole nitrogens is 1. The van der Waals surface area contributed by atoms with Gasteiger partial charge in [-0.05, 0) is 56.3 Å². The Hall–Kier alpha value is -2.73. The van der Waals surface area contributed by atoms with Crippen LogP contribution in [-0.2, 0) is 11.2 Å². The summed E-state index contributed by atoms with van der Waals surface area (Å²) in [5.41, 5.74) is 7.75. The summed E-state index contributed by atoms with van der Waals surface area (Å²) in [5.74, 6) is 0.336. The fraction of sp³-hybridized carbons (Fsp3) is 0.333. The van der Waals surface area contributed by atoms with Crippen LogP contribution >= 0.6 is 0 Å². The molecule has 6 heteroatoms. The maximum absolute atomic E-state index is 12.5. The van der Waals surface area contributed by atoms with Gasteiger partial charge >= 0.3 is 0 Å². The van der Waals surface area contributed by atoms with Gasteiger partial charge in [-0.2, -0.15) is 0 Å². The summed E-state index contributed by atoms with van der Waals surface area (Å²) in [6.07, 6.45) is 3.94. The minimum atomic E-state index is -0.449. The number of hydrogen-bond acceptors (Lipinski definition) is 3. The van der Waals surface area contributed by atoms with Crippen LogP contribution in [0.1, 0.15) is 36.7 Å². The molecule has 1 unspecified atom stereocenters. The van der Waals surface area contributed by atoms with E-state index in [1.165, 1.54) is 37.9 Å². The average Bonchev–Trinajstić information content (AvgIpc) is 3.06. The first kappa shape index (κ1) is 19.0. The normalized spacial score (nSPS) is 17.3. The number of piperidine rings is 1. The maximum Gasteiger partial charge on any atom is 0.221 e. The standard InChI is InChI=1S/C13H17N3.C8H8FNO/c1-16-9-5-4-8-12(16)13-14-10-6-2-3-7-11(10)15-13;9-7-3-1-2-6(4-7)5-8(10)11/h2-3,6-7,12H,4-5,8-9H2,1H3,(H,14,15);1-4H,5H2,(H2,10,11). The van der Waals surface area contributed by atoms with Crippen LogP contribution in [0.4, 0.5) is 4.39 Å². The number of aromatic amines is 1. The number of likely N-dealkylation sites (tertiary alicyclic amines) is 1. The highest BCUT2D eigenvalue weighted by atomic mass is 19.1. The molecule has 2 aromatic carbocycles. The summed E-state index contributed by atoms with van der Waals surface area (Å²) < 4.78 is 12.5. The molecule has 0 bridgehead atoms. The van der Waals surface area contributed by atoms with Gasteiger partial charge in [-0.15, -0.1) is 0 Å². The van der Waals surface area contributed by atoms with E-state index in [2.05, 4.69) is 40.1 Å². The first-order valence-electron chi connectivity index (χ1n) is 9.20. The topological polar surface area (TPSA) is 75.0 Å². The number of carbonyl (C=O) groups is 1. The zero-order chi connectivity index (χ0) is 19.2. The number of nitrogens with one attached hydrogen (secondary N) is 1. The fourth-order valence-corrected chi connectivity index (χ4v) is 3.40. The third kappa shape index (κ3) is 5.14. The highest BCUT2D eigenvalue weighted by Gasteiger charge is 2.23. The van der Waals surface area contributed by atoms with Gasteiger partial charge in [0.25, 0.3) is 0 Å². The lowest BCUT2D eigenvalue weighted by Gasteiger charge is -2.30. The number of nitrogens with zero attached hydrogens (tertiary/aromatic N) is 2. The zero-order valence-electron chi connectivity index (χ0n) is 15.5. The summed E-state index contributed by atoms with van der Waals surface area (Å²) >= 11 is 0. The number of amides is 1. The first-order chi connectivity index (χ1) is 13.0. The second kappa shape index (κ2) is 8.77. The molecule has 27 heavy (non-hydrogen) atoms. The molecule has 1 aliphatic rings. The molecule has 0 saturated carbocycles. The summed E-state index contributed by atoms with van der Waals surface area (Å²) in [4.78, 5) is 20.9. The van der Waals surface area contributed by atoms with Crippen molar-refractivity contribution in [2.75, 3.05) is 13.6 Å². The van der Waals surface area contributed by atoms with E-state index >= 15 is 0 Å². The first-order valence-corrected chi connectivity index (χ1v) is 9.20. The summed E-state index contributed by atoms with van der Waals surface area (Å²) in [6, 6.07) is 14.6. The lowest BCUT2D eigenvalue weighted by molar-refractivity contribution is -0.117. The molecule has 1 amide bonds. The van der Waals surface area contributed by atoms with E-state index in [0.29, 0.717) is 11.6 Å². The van der Waals surface area contributed by atoms with Crippen LogP contribution in [0.2, 0.25) is 0 Å². The lowest BCUT2D eigenvalue weighted by Crippen LogP contribution is -2.30. The number of hydrogen-bond donors (Lipinski definition) is 2. The molecule has 3 aromatic rings. The van der Waals surface area contributed by atoms with Gasteiger partial charge in [-0.1, -0.05) is 30.7 Å². The molecule has 0 aliphatic carbocycles. The number of rotatable bonds is 3. The quantitative estimate of drug-likeness (QED) is 0.742. The van der Waals surface area contributed by atoms with Crippen LogP contribution in [0.25, 0.3) is 11.0 Å². The van der Waals surface area contributed by atoms with Crippen molar-refractivity contribution < 1.29 is 9.18 Å². The van der Waals surface area contributed by atoms with Crippen LogP contribution in [0.3, 0.4) is 0 Å². The molecule has 1 fully saturated rings. The van der Waals surface area contributed by atoms with Gasteiger partial charge in [0.1, 0.15) is 11.6 Å². The van der Waals surface area contributed by atoms with Crippen molar-refractivity contribution in [3.05, 3.63) is 65.7 Å². The molecule has 0 radical (unpaired) electrons. The van der Waals surface area contributed by atoms with E-state index in [1.807, 2.05) is 6.07 Å². The third-order valence-corrected chi connectivity index (χ3v) is 4.76. The number of para-hydroxylation sites is 2. The SMILES string of the molecule is CN1CCCCC1c1nc2ccccc2[nH]1.NC(=O)Cc1cccc(F)c1. The number of aromatic nitrogens is 2. The largest absolute Gasteiger partial charge is 0.369 e. The Morgan fingerprint density at radius 1 is 1.26 bits per heavy atom. The number of benzene rings is 2. The molecule has 0 spiro atoms. The molecular weight excluding hydrogens is 343 g/mol. The van der Waals surface area contributed by atoms with Gasteiger partial charge in [0.05, 0.1) is 23.5 Å². The molecule has 3 N–H and O–H groups in total.